The number of hydrogen-bond acceptors (Lipinski definition) is 8. The summed E-state index contributed by atoms with van der Waals surface area (Å²) in [5, 5.41) is 17.5. The Balaban J connectivity index is 0.00000193. The van der Waals surface area contributed by atoms with Gasteiger partial charge >= 0.3 is 42.1 Å². The topological polar surface area (TPSA) is 123 Å². The Hall–Kier alpha value is -5.18. The third-order valence-corrected chi connectivity index (χ3v) is 7.40. The molecule has 4 heterocycles. The van der Waals surface area contributed by atoms with Crippen molar-refractivity contribution in [1.82, 2.24) is 59.1 Å². The van der Waals surface area contributed by atoms with Crippen LogP contribution in [0.1, 0.15) is 22.3 Å². The molecule has 8 rings (SSSR count). The second kappa shape index (κ2) is 13.7. The Morgan fingerprint density at radius 3 is 0.851 bits per heavy atom. The van der Waals surface area contributed by atoms with Gasteiger partial charge in [-0.15, -0.1) is 46.5 Å². The van der Waals surface area contributed by atoms with Crippen molar-refractivity contribution in [2.75, 3.05) is 0 Å². The summed E-state index contributed by atoms with van der Waals surface area (Å²) in [4.78, 5) is 16.6. The minimum absolute atomic E-state index is 0. The zero-order chi connectivity index (χ0) is 30.1. The van der Waals surface area contributed by atoms with E-state index in [1.807, 2.05) is 72.8 Å². The number of rotatable bonds is 8. The molecule has 8 aromatic rings. The molecule has 0 fully saturated rings. The molecule has 232 valence electrons. The monoisotopic (exact) mass is 974 g/mol. The molecule has 0 aliphatic carbocycles. The van der Waals surface area contributed by atoms with Crippen molar-refractivity contribution >= 4 is 0 Å². The number of hydrogen-bond donors (Lipinski definition) is 0. The van der Waals surface area contributed by atoms with Crippen LogP contribution in [0.25, 0.3) is 22.7 Å². The number of benzene rings is 4. The van der Waals surface area contributed by atoms with Gasteiger partial charge in [-0.05, 0) is 28.2 Å². The second-order valence-electron chi connectivity index (χ2n) is 9.91. The van der Waals surface area contributed by atoms with Crippen molar-refractivity contribution in [2.24, 2.45) is 0 Å². The molecule has 0 amide bonds. The van der Waals surface area contributed by atoms with Crippen molar-refractivity contribution in [3.05, 3.63) is 170 Å². The summed E-state index contributed by atoms with van der Waals surface area (Å²) in [6.07, 6.45) is 12.5. The van der Waals surface area contributed by atoms with Gasteiger partial charge in [-0.25, -0.2) is 38.7 Å². The molecule has 14 heteroatoms. The summed E-state index contributed by atoms with van der Waals surface area (Å²) in [5.41, 5.74) is 4.94. The van der Waals surface area contributed by atoms with E-state index in [2.05, 4.69) is 64.6 Å². The van der Waals surface area contributed by atoms with Crippen molar-refractivity contribution in [3.8, 4) is 22.7 Å². The van der Waals surface area contributed by atoms with Crippen LogP contribution in [-0.4, -0.2) is 59.1 Å². The molecule has 0 aliphatic heterocycles. The van der Waals surface area contributed by atoms with E-state index in [0.29, 0.717) is 22.7 Å². The normalized spacial score (nSPS) is 11.1. The van der Waals surface area contributed by atoms with E-state index in [9.17, 15) is 0 Å². The summed E-state index contributed by atoms with van der Waals surface area (Å²) in [5.74, 6) is 0. The molecular weight excluding hydrogens is 955 g/mol. The Morgan fingerprint density at radius 1 is 0.383 bits per heavy atom. The standard InChI is InChI=1S/C33H20N12.2Pt/c1-5-25(13-29(9-1)42-21-34-17-38-42)33(26-6-2-10-30(14-26)43-22-35-18-39-43,27-7-3-11-31(15-27)44-23-36-19-40-44)28-8-4-12-32(16-28)45-24-37-20-41-45;;/h1-12,17-24H;;/q-4;2*+2. The Bertz CT molecular complexity index is 1860. The van der Waals surface area contributed by atoms with Gasteiger partial charge in [-0.1, -0.05) is 0 Å². The molecule has 12 nitrogen and oxygen atoms in total. The Labute approximate surface area is 297 Å². The van der Waals surface area contributed by atoms with Crippen molar-refractivity contribution in [1.29, 1.82) is 0 Å². The third kappa shape index (κ3) is 5.82. The molecule has 0 radical (unpaired) electrons. The van der Waals surface area contributed by atoms with E-state index < -0.39 is 5.41 Å². The van der Waals surface area contributed by atoms with E-state index in [4.69, 9.17) is 0 Å². The largest absolute Gasteiger partial charge is 2.00 e. The van der Waals surface area contributed by atoms with Gasteiger partial charge < -0.3 is 0 Å². The first-order valence-electron chi connectivity index (χ1n) is 13.8. The second-order valence-corrected chi connectivity index (χ2v) is 9.91. The van der Waals surface area contributed by atoms with Crippen molar-refractivity contribution < 1.29 is 42.1 Å². The van der Waals surface area contributed by atoms with E-state index >= 15 is 0 Å². The molecule has 0 aliphatic rings. The van der Waals surface area contributed by atoms with Gasteiger partial charge in [0.25, 0.3) is 0 Å². The number of nitrogens with zero attached hydrogens (tertiary/aromatic N) is 12. The first-order valence-corrected chi connectivity index (χ1v) is 13.8. The molecule has 0 N–H and O–H groups in total. The fraction of sp³-hybridized carbons (Fsp3) is 0.0303. The maximum absolute atomic E-state index is 4.37. The van der Waals surface area contributed by atoms with Crippen LogP contribution in [0.2, 0.25) is 0 Å². The molecule has 0 atom stereocenters. The van der Waals surface area contributed by atoms with Crippen LogP contribution in [0.5, 0.6) is 0 Å². The average molecular weight is 975 g/mol. The fourth-order valence-corrected chi connectivity index (χ4v) is 5.44. The molecule has 0 spiro atoms. The first kappa shape index (κ1) is 31.8. The molecular formula is C33H20N12Pt2. The predicted octanol–water partition coefficient (Wildman–Crippen LogP) is 3.59. The minimum Gasteiger partial charge on any atom is -0.246 e. The van der Waals surface area contributed by atoms with Gasteiger partial charge in [0.2, 0.25) is 0 Å². The van der Waals surface area contributed by atoms with Gasteiger partial charge in [0.15, 0.2) is 0 Å². The zero-order valence-electron chi connectivity index (χ0n) is 24.0. The van der Waals surface area contributed by atoms with Gasteiger partial charge in [-0.3, -0.25) is 0 Å². The van der Waals surface area contributed by atoms with Crippen LogP contribution < -0.4 is 0 Å². The van der Waals surface area contributed by atoms with Gasteiger partial charge in [0, 0.05) is 0 Å². The maximum Gasteiger partial charge on any atom is 2.00 e. The van der Waals surface area contributed by atoms with Crippen LogP contribution in [0.3, 0.4) is 0 Å². The molecule has 0 unspecified atom stereocenters. The summed E-state index contributed by atoms with van der Waals surface area (Å²) >= 11 is 0. The van der Waals surface area contributed by atoms with Crippen LogP contribution in [0, 0.1) is 24.3 Å². The van der Waals surface area contributed by atoms with Gasteiger partial charge in [0.1, 0.15) is 50.6 Å². The zero-order valence-corrected chi connectivity index (χ0v) is 28.6. The summed E-state index contributed by atoms with van der Waals surface area (Å²) in [6.45, 7) is 0. The van der Waals surface area contributed by atoms with E-state index in [0.717, 1.165) is 22.3 Å². The average Bonchev–Trinajstić information content (AvgIpc) is 3.95. The van der Waals surface area contributed by atoms with E-state index in [-0.39, 0.29) is 42.1 Å². The Morgan fingerprint density at radius 2 is 0.638 bits per heavy atom. The van der Waals surface area contributed by atoms with Crippen molar-refractivity contribution in [3.63, 3.8) is 0 Å². The molecule has 4 aromatic carbocycles. The fourth-order valence-electron chi connectivity index (χ4n) is 5.44. The van der Waals surface area contributed by atoms with Crippen LogP contribution in [0.15, 0.2) is 123 Å². The van der Waals surface area contributed by atoms with Gasteiger partial charge in [-0.2, -0.15) is 93.2 Å². The smallest absolute Gasteiger partial charge is 0.246 e. The number of aromatic nitrogens is 12. The van der Waals surface area contributed by atoms with Crippen LogP contribution in [0.4, 0.5) is 0 Å². The summed E-state index contributed by atoms with van der Waals surface area (Å²) in [6, 6.07) is 38.3. The minimum atomic E-state index is -1.07. The van der Waals surface area contributed by atoms with Crippen LogP contribution >= 0.6 is 0 Å². The predicted molar refractivity (Wildman–Crippen MR) is 160 cm³/mol. The van der Waals surface area contributed by atoms with Crippen LogP contribution in [-0.2, 0) is 47.5 Å². The molecule has 0 bridgehead atoms. The molecule has 0 saturated carbocycles. The van der Waals surface area contributed by atoms with Crippen molar-refractivity contribution in [2.45, 2.75) is 5.41 Å². The molecule has 47 heavy (non-hydrogen) atoms. The quantitative estimate of drug-likeness (QED) is 0.168. The third-order valence-electron chi connectivity index (χ3n) is 7.40. The summed E-state index contributed by atoms with van der Waals surface area (Å²) in [7, 11) is 0. The summed E-state index contributed by atoms with van der Waals surface area (Å²) < 4.78 is 6.70. The van der Waals surface area contributed by atoms with E-state index in [1.54, 1.807) is 44.0 Å². The Kier molecular flexibility index (Phi) is 9.24. The first-order chi connectivity index (χ1) is 22.3. The van der Waals surface area contributed by atoms with E-state index in [1.165, 1.54) is 25.3 Å². The molecule has 4 aromatic heterocycles. The SMILES string of the molecule is [Pt+2].[Pt+2].[c-]1c(-n2cncn2)cccc1C(c1[c-]c(-n2cncn2)ccc1)(c1[c-]c(-n2cncn2)ccc1)c1[c-]c(-n2cncn2)ccc1. The van der Waals surface area contributed by atoms with Gasteiger partial charge in [0.05, 0.1) is 0 Å². The molecule has 0 saturated heterocycles. The maximum atomic E-state index is 4.37.